The first kappa shape index (κ1) is 14.3. The molecule has 0 aromatic carbocycles. The molecule has 0 aromatic heterocycles. The lowest BCUT2D eigenvalue weighted by molar-refractivity contribution is 0.225. The average Bonchev–Trinajstić information content (AvgIpc) is 2.39. The highest BCUT2D eigenvalue weighted by Crippen LogP contribution is 2.28. The Morgan fingerprint density at radius 2 is 1.78 bits per heavy atom. The molecule has 2 rings (SSSR count). The topological polar surface area (TPSA) is 49.4 Å². The summed E-state index contributed by atoms with van der Waals surface area (Å²) in [7, 11) is -1.08. The van der Waals surface area contributed by atoms with Crippen LogP contribution < -0.4 is 5.32 Å². The second-order valence-corrected chi connectivity index (χ2v) is 8.04. The van der Waals surface area contributed by atoms with Gasteiger partial charge in [-0.05, 0) is 32.2 Å². The Bertz CT molecular complexity index is 363. The summed E-state index contributed by atoms with van der Waals surface area (Å²) in [6.45, 7) is 3.52. The third-order valence-electron chi connectivity index (χ3n) is 4.57. The van der Waals surface area contributed by atoms with E-state index in [4.69, 9.17) is 0 Å². The molecule has 2 atom stereocenters. The van der Waals surface area contributed by atoms with Crippen molar-refractivity contribution in [3.8, 4) is 0 Å². The summed E-state index contributed by atoms with van der Waals surface area (Å²) < 4.78 is 26.9. The van der Waals surface area contributed by atoms with Gasteiger partial charge in [-0.1, -0.05) is 26.2 Å². The maximum atomic E-state index is 12.6. The van der Waals surface area contributed by atoms with Crippen LogP contribution in [0.5, 0.6) is 0 Å². The maximum Gasteiger partial charge on any atom is 0.216 e. The largest absolute Gasteiger partial charge is 0.317 e. The molecule has 0 spiro atoms. The molecule has 0 amide bonds. The van der Waals surface area contributed by atoms with Crippen molar-refractivity contribution in [2.75, 3.05) is 20.1 Å². The van der Waals surface area contributed by atoms with E-state index < -0.39 is 10.0 Å². The van der Waals surface area contributed by atoms with Crippen molar-refractivity contribution in [2.45, 2.75) is 56.7 Å². The van der Waals surface area contributed by atoms with E-state index in [1.807, 2.05) is 7.05 Å². The molecule has 1 heterocycles. The van der Waals surface area contributed by atoms with E-state index in [1.165, 1.54) is 6.42 Å². The van der Waals surface area contributed by atoms with Crippen LogP contribution in [0.2, 0.25) is 0 Å². The molecule has 1 aliphatic heterocycles. The molecule has 2 aliphatic rings. The van der Waals surface area contributed by atoms with E-state index in [0.717, 1.165) is 32.1 Å². The molecule has 1 N–H and O–H groups in total. The lowest BCUT2D eigenvalue weighted by Crippen LogP contribution is -2.51. The fourth-order valence-corrected chi connectivity index (χ4v) is 5.49. The standard InChI is InChI=1S/C13H26N2O2S/c1-11-10-15(9-8-13(11)14-2)18(16,17)12-6-4-3-5-7-12/h11-14H,3-10H2,1-2H3. The number of rotatable bonds is 3. The Kier molecular flexibility index (Phi) is 4.67. The van der Waals surface area contributed by atoms with Crippen LogP contribution in [-0.2, 0) is 10.0 Å². The number of sulfonamides is 1. The van der Waals surface area contributed by atoms with Gasteiger partial charge in [-0.2, -0.15) is 0 Å². The molecule has 1 aliphatic carbocycles. The summed E-state index contributed by atoms with van der Waals surface area (Å²) in [4.78, 5) is 0. The highest BCUT2D eigenvalue weighted by atomic mass is 32.2. The van der Waals surface area contributed by atoms with Gasteiger partial charge in [0.25, 0.3) is 0 Å². The molecule has 0 bridgehead atoms. The normalized spacial score (nSPS) is 32.6. The van der Waals surface area contributed by atoms with Crippen molar-refractivity contribution in [3.63, 3.8) is 0 Å². The van der Waals surface area contributed by atoms with E-state index in [0.29, 0.717) is 25.0 Å². The number of hydrogen-bond donors (Lipinski definition) is 1. The van der Waals surface area contributed by atoms with Gasteiger partial charge in [-0.25, -0.2) is 12.7 Å². The number of nitrogens with zero attached hydrogens (tertiary/aromatic N) is 1. The van der Waals surface area contributed by atoms with E-state index >= 15 is 0 Å². The smallest absolute Gasteiger partial charge is 0.216 e. The molecule has 0 aromatic rings. The molecule has 2 unspecified atom stereocenters. The lowest BCUT2D eigenvalue weighted by Gasteiger charge is -2.38. The van der Waals surface area contributed by atoms with Crippen molar-refractivity contribution >= 4 is 10.0 Å². The van der Waals surface area contributed by atoms with Crippen molar-refractivity contribution in [1.82, 2.24) is 9.62 Å². The first-order chi connectivity index (χ1) is 8.55. The zero-order valence-corrected chi connectivity index (χ0v) is 12.4. The summed E-state index contributed by atoms with van der Waals surface area (Å²) >= 11 is 0. The third-order valence-corrected chi connectivity index (χ3v) is 6.94. The Balaban J connectivity index is 2.02. The van der Waals surface area contributed by atoms with Crippen LogP contribution in [0.15, 0.2) is 0 Å². The van der Waals surface area contributed by atoms with Crippen molar-refractivity contribution in [2.24, 2.45) is 5.92 Å². The minimum Gasteiger partial charge on any atom is -0.317 e. The third kappa shape index (κ3) is 2.89. The fraction of sp³-hybridized carbons (Fsp3) is 1.00. The predicted molar refractivity (Wildman–Crippen MR) is 74.0 cm³/mol. The van der Waals surface area contributed by atoms with Crippen molar-refractivity contribution in [1.29, 1.82) is 0 Å². The number of nitrogens with one attached hydrogen (secondary N) is 1. The van der Waals surface area contributed by atoms with E-state index in [9.17, 15) is 8.42 Å². The highest BCUT2D eigenvalue weighted by molar-refractivity contribution is 7.89. The first-order valence-corrected chi connectivity index (χ1v) is 8.72. The van der Waals surface area contributed by atoms with Crippen LogP contribution in [-0.4, -0.2) is 44.2 Å². The zero-order valence-electron chi connectivity index (χ0n) is 11.6. The zero-order chi connectivity index (χ0) is 13.2. The minimum absolute atomic E-state index is 0.107. The van der Waals surface area contributed by atoms with Gasteiger partial charge in [-0.3, -0.25) is 0 Å². The van der Waals surface area contributed by atoms with Crippen molar-refractivity contribution < 1.29 is 8.42 Å². The molecule has 18 heavy (non-hydrogen) atoms. The molecule has 4 nitrogen and oxygen atoms in total. The van der Waals surface area contributed by atoms with Gasteiger partial charge in [0.2, 0.25) is 10.0 Å². The van der Waals surface area contributed by atoms with Gasteiger partial charge in [0, 0.05) is 19.1 Å². The second kappa shape index (κ2) is 5.88. The van der Waals surface area contributed by atoms with Crippen LogP contribution in [0.25, 0.3) is 0 Å². The van der Waals surface area contributed by atoms with Crippen LogP contribution >= 0.6 is 0 Å². The SMILES string of the molecule is CNC1CCN(S(=O)(=O)C2CCCCC2)CC1C. The summed E-state index contributed by atoms with van der Waals surface area (Å²) in [5.41, 5.74) is 0. The lowest BCUT2D eigenvalue weighted by atomic mass is 9.96. The molecule has 1 saturated heterocycles. The Hall–Kier alpha value is -0.130. The molecule has 1 saturated carbocycles. The Labute approximate surface area is 111 Å². The van der Waals surface area contributed by atoms with Gasteiger partial charge >= 0.3 is 0 Å². The molecular formula is C13H26N2O2S. The van der Waals surface area contributed by atoms with E-state index in [-0.39, 0.29) is 5.25 Å². The van der Waals surface area contributed by atoms with Crippen molar-refractivity contribution in [3.05, 3.63) is 0 Å². The summed E-state index contributed by atoms with van der Waals surface area (Å²) in [6.07, 6.45) is 6.01. The molecule has 0 radical (unpaired) electrons. The highest BCUT2D eigenvalue weighted by Gasteiger charge is 2.37. The fourth-order valence-electron chi connectivity index (χ4n) is 3.34. The summed E-state index contributed by atoms with van der Waals surface area (Å²) in [5, 5.41) is 3.18. The second-order valence-electron chi connectivity index (χ2n) is 5.82. The first-order valence-electron chi connectivity index (χ1n) is 7.22. The van der Waals surface area contributed by atoms with Crippen LogP contribution in [0.4, 0.5) is 0 Å². The quantitative estimate of drug-likeness (QED) is 0.850. The minimum atomic E-state index is -3.04. The monoisotopic (exact) mass is 274 g/mol. The summed E-state index contributed by atoms with van der Waals surface area (Å²) in [5.74, 6) is 0.405. The number of hydrogen-bond acceptors (Lipinski definition) is 3. The Morgan fingerprint density at radius 1 is 1.11 bits per heavy atom. The van der Waals surface area contributed by atoms with Crippen LogP contribution in [0, 0.1) is 5.92 Å². The molecule has 5 heteroatoms. The number of piperidine rings is 1. The van der Waals surface area contributed by atoms with E-state index in [2.05, 4.69) is 12.2 Å². The van der Waals surface area contributed by atoms with Gasteiger partial charge < -0.3 is 5.32 Å². The maximum absolute atomic E-state index is 12.6. The van der Waals surface area contributed by atoms with E-state index in [1.54, 1.807) is 4.31 Å². The molecular weight excluding hydrogens is 248 g/mol. The Morgan fingerprint density at radius 3 is 2.33 bits per heavy atom. The molecule has 2 fully saturated rings. The van der Waals surface area contributed by atoms with Gasteiger partial charge in [-0.15, -0.1) is 0 Å². The summed E-state index contributed by atoms with van der Waals surface area (Å²) in [6, 6.07) is 0.461. The van der Waals surface area contributed by atoms with Gasteiger partial charge in [0.1, 0.15) is 0 Å². The predicted octanol–water partition coefficient (Wildman–Crippen LogP) is 1.58. The van der Waals surface area contributed by atoms with Crippen LogP contribution in [0.1, 0.15) is 45.4 Å². The van der Waals surface area contributed by atoms with Crippen LogP contribution in [0.3, 0.4) is 0 Å². The molecule has 106 valence electrons. The average molecular weight is 274 g/mol. The van der Waals surface area contributed by atoms with Gasteiger partial charge in [0.15, 0.2) is 0 Å². The van der Waals surface area contributed by atoms with Gasteiger partial charge in [0.05, 0.1) is 5.25 Å².